The van der Waals surface area contributed by atoms with E-state index in [1.54, 1.807) is 0 Å². The molecule has 0 aliphatic carbocycles. The number of aromatic nitrogens is 2. The van der Waals surface area contributed by atoms with Gasteiger partial charge in [-0.05, 0) is 28.8 Å². The van der Waals surface area contributed by atoms with E-state index in [-0.39, 0.29) is 5.91 Å². The molecule has 1 saturated heterocycles. The van der Waals surface area contributed by atoms with Gasteiger partial charge in [0, 0.05) is 13.1 Å². The van der Waals surface area contributed by atoms with Crippen LogP contribution in [0.4, 0.5) is 5.82 Å². The molecule has 1 aromatic heterocycles. The fourth-order valence-corrected chi connectivity index (χ4v) is 5.35. The summed E-state index contributed by atoms with van der Waals surface area (Å²) in [6.45, 7) is 5.16. The van der Waals surface area contributed by atoms with Crippen LogP contribution in [0.3, 0.4) is 0 Å². The number of carbonyl (C=O) groups is 1. The summed E-state index contributed by atoms with van der Waals surface area (Å²) in [6, 6.07) is 23.2. The molecule has 1 fully saturated rings. The van der Waals surface area contributed by atoms with E-state index in [4.69, 9.17) is 4.74 Å². The first-order valence-corrected chi connectivity index (χ1v) is 12.8. The van der Waals surface area contributed by atoms with Crippen LogP contribution in [0.25, 0.3) is 16.3 Å². The fraction of sp³-hybridized carbons (Fsp3) is 0.226. The molecule has 2 aliphatic rings. The highest BCUT2D eigenvalue weighted by Crippen LogP contribution is 2.40. The lowest BCUT2D eigenvalue weighted by atomic mass is 9.94. The third kappa shape index (κ3) is 4.39. The van der Waals surface area contributed by atoms with E-state index in [1.807, 2.05) is 17.4 Å². The van der Waals surface area contributed by atoms with Crippen LogP contribution in [0.2, 0.25) is 0 Å². The number of amides is 1. The van der Waals surface area contributed by atoms with Crippen LogP contribution in [-0.4, -0.2) is 53.7 Å². The number of imidazole rings is 1. The predicted octanol–water partition coefficient (Wildman–Crippen LogP) is 5.13. The molecule has 3 aromatic carbocycles. The molecule has 0 radical (unpaired) electrons. The van der Waals surface area contributed by atoms with Gasteiger partial charge in [0.2, 0.25) is 5.82 Å². The highest BCUT2D eigenvalue weighted by molar-refractivity contribution is 6.14. The summed E-state index contributed by atoms with van der Waals surface area (Å²) in [4.78, 5) is 20.3. The molecule has 2 aliphatic heterocycles. The number of morpholine rings is 1. The van der Waals surface area contributed by atoms with E-state index in [2.05, 4.69) is 103 Å². The number of rotatable bonds is 5. The van der Waals surface area contributed by atoms with Gasteiger partial charge in [0.05, 0.1) is 38.7 Å². The van der Waals surface area contributed by atoms with Crippen molar-refractivity contribution in [3.63, 3.8) is 0 Å². The van der Waals surface area contributed by atoms with Gasteiger partial charge >= 0.3 is 0 Å². The Labute approximate surface area is 217 Å². The lowest BCUT2D eigenvalue weighted by Crippen LogP contribution is -2.41. The van der Waals surface area contributed by atoms with Crippen LogP contribution in [-0.2, 0) is 16.1 Å². The minimum absolute atomic E-state index is 0.0499. The molecule has 0 bridgehead atoms. The van der Waals surface area contributed by atoms with Crippen molar-refractivity contribution in [3.05, 3.63) is 114 Å². The predicted molar refractivity (Wildman–Crippen MR) is 148 cm³/mol. The lowest BCUT2D eigenvalue weighted by molar-refractivity contribution is -0.130. The molecule has 0 spiro atoms. The Morgan fingerprint density at radius 3 is 2.54 bits per heavy atom. The number of quaternary nitrogens is 1. The summed E-state index contributed by atoms with van der Waals surface area (Å²) < 4.78 is 8.04. The normalized spacial score (nSPS) is 19.7. The average molecular weight is 492 g/mol. The average Bonchev–Trinajstić information content (AvgIpc) is 3.55. The second-order valence-electron chi connectivity index (χ2n) is 10.0. The Morgan fingerprint density at radius 2 is 1.73 bits per heavy atom. The Balaban J connectivity index is 1.46. The van der Waals surface area contributed by atoms with Gasteiger partial charge in [-0.25, -0.2) is 9.47 Å². The van der Waals surface area contributed by atoms with Crippen LogP contribution in [0.1, 0.15) is 16.7 Å². The number of nitrogens with zero attached hydrogens (tertiary/aromatic N) is 4. The third-order valence-electron chi connectivity index (χ3n) is 7.35. The van der Waals surface area contributed by atoms with Crippen molar-refractivity contribution in [2.45, 2.75) is 13.5 Å². The maximum Gasteiger partial charge on any atom is 0.260 e. The molecule has 4 aromatic rings. The largest absolute Gasteiger partial charge is 0.378 e. The van der Waals surface area contributed by atoms with Gasteiger partial charge in [0.25, 0.3) is 5.91 Å². The van der Waals surface area contributed by atoms with E-state index in [0.717, 1.165) is 33.3 Å². The molecular formula is C31H31N4O2+. The van der Waals surface area contributed by atoms with Crippen LogP contribution in [0.5, 0.6) is 0 Å². The van der Waals surface area contributed by atoms with E-state index in [9.17, 15) is 4.79 Å². The number of hydrogen-bond acceptors (Lipinski definition) is 3. The molecular weight excluding hydrogens is 460 g/mol. The summed E-state index contributed by atoms with van der Waals surface area (Å²) >= 11 is 0. The van der Waals surface area contributed by atoms with Gasteiger partial charge in [0.1, 0.15) is 24.2 Å². The maximum absolute atomic E-state index is 13.9. The molecule has 6 nitrogen and oxygen atoms in total. The minimum atomic E-state index is 0.0499. The first kappa shape index (κ1) is 23.4. The molecule has 1 amide bonds. The molecule has 3 heterocycles. The van der Waals surface area contributed by atoms with Crippen molar-refractivity contribution in [2.75, 3.05) is 33.4 Å². The molecule has 186 valence electrons. The molecule has 6 heteroatoms. The van der Waals surface area contributed by atoms with E-state index < -0.39 is 0 Å². The zero-order valence-corrected chi connectivity index (χ0v) is 21.3. The van der Waals surface area contributed by atoms with E-state index in [1.165, 1.54) is 11.1 Å². The second-order valence-corrected chi connectivity index (χ2v) is 10.0. The van der Waals surface area contributed by atoms with Gasteiger partial charge in [-0.3, -0.25) is 9.36 Å². The van der Waals surface area contributed by atoms with Crippen LogP contribution in [0, 0.1) is 6.92 Å². The number of aryl methyl sites for hydroxylation is 1. The van der Waals surface area contributed by atoms with Crippen LogP contribution in [0.15, 0.2) is 97.2 Å². The molecule has 1 atom stereocenters. The van der Waals surface area contributed by atoms with Gasteiger partial charge in [-0.2, -0.15) is 0 Å². The topological polar surface area (TPSA) is 47.4 Å². The molecule has 1 unspecified atom stereocenters. The summed E-state index contributed by atoms with van der Waals surface area (Å²) in [7, 11) is 2.12. The fourth-order valence-electron chi connectivity index (χ4n) is 5.35. The highest BCUT2D eigenvalue weighted by atomic mass is 16.5. The lowest BCUT2D eigenvalue weighted by Gasteiger charge is -2.27. The van der Waals surface area contributed by atoms with E-state index in [0.29, 0.717) is 37.3 Å². The molecule has 6 rings (SSSR count). The summed E-state index contributed by atoms with van der Waals surface area (Å²) in [5.41, 5.74) is 5.20. The zero-order chi connectivity index (χ0) is 25.4. The smallest absolute Gasteiger partial charge is 0.260 e. The van der Waals surface area contributed by atoms with Gasteiger partial charge in [0.15, 0.2) is 0 Å². The third-order valence-corrected chi connectivity index (χ3v) is 7.35. The van der Waals surface area contributed by atoms with Gasteiger partial charge in [-0.15, -0.1) is 0 Å². The SMILES string of the molecule is Cc1ccc(Cn2cncc2[N+]2(C)C=C(C(=O)N3CCOCC3)C(c3cccc4ccccc34)=C2)cc1. The van der Waals surface area contributed by atoms with Crippen molar-refractivity contribution in [1.29, 1.82) is 0 Å². The van der Waals surface area contributed by atoms with Crippen molar-refractivity contribution in [2.24, 2.45) is 0 Å². The quantitative estimate of drug-likeness (QED) is 0.364. The first-order chi connectivity index (χ1) is 18.0. The number of carbonyl (C=O) groups excluding carboxylic acids is 1. The number of ether oxygens (including phenoxy) is 1. The van der Waals surface area contributed by atoms with E-state index >= 15 is 0 Å². The van der Waals surface area contributed by atoms with Crippen LogP contribution >= 0.6 is 0 Å². The minimum Gasteiger partial charge on any atom is -0.378 e. The Kier molecular flexibility index (Phi) is 5.99. The van der Waals surface area contributed by atoms with Crippen molar-refractivity contribution in [1.82, 2.24) is 18.9 Å². The second kappa shape index (κ2) is 9.47. The maximum atomic E-state index is 13.9. The van der Waals surface area contributed by atoms with Crippen LogP contribution < -0.4 is 4.48 Å². The van der Waals surface area contributed by atoms with Gasteiger partial charge in [-0.1, -0.05) is 72.3 Å². The number of benzene rings is 3. The Hall–Kier alpha value is -4.00. The standard InChI is InChI=1S/C31H31N4O2/c1-23-10-12-24(13-11-23)19-34-22-32-18-30(34)35(2)20-28(27-9-5-7-25-6-3-4-8-26(25)27)29(21-35)31(36)33-14-16-37-17-15-33/h3-13,18,20-22H,14-17,19H2,1-2H3/q+1. The number of fused-ring (bicyclic) bond motifs is 1. The van der Waals surface area contributed by atoms with Gasteiger partial charge < -0.3 is 9.64 Å². The van der Waals surface area contributed by atoms with Crippen molar-refractivity contribution >= 4 is 28.1 Å². The Bertz CT molecular complexity index is 1520. The summed E-state index contributed by atoms with van der Waals surface area (Å²) in [5, 5.41) is 2.29. The Morgan fingerprint density at radius 1 is 0.973 bits per heavy atom. The number of hydrogen-bond donors (Lipinski definition) is 0. The summed E-state index contributed by atoms with van der Waals surface area (Å²) in [5.74, 6) is 1.05. The summed E-state index contributed by atoms with van der Waals surface area (Å²) in [6.07, 6.45) is 8.06. The van der Waals surface area contributed by atoms with Crippen molar-refractivity contribution in [3.8, 4) is 0 Å². The molecule has 37 heavy (non-hydrogen) atoms. The first-order valence-electron chi connectivity index (χ1n) is 12.8. The molecule has 0 saturated carbocycles. The monoisotopic (exact) mass is 491 g/mol. The highest BCUT2D eigenvalue weighted by Gasteiger charge is 2.39. The molecule has 0 N–H and O–H groups in total. The zero-order valence-electron chi connectivity index (χ0n) is 21.3. The van der Waals surface area contributed by atoms with Crippen molar-refractivity contribution < 1.29 is 9.53 Å².